The second kappa shape index (κ2) is 10.5. The van der Waals surface area contributed by atoms with E-state index in [1.807, 2.05) is 6.07 Å². The van der Waals surface area contributed by atoms with Gasteiger partial charge >= 0.3 is 12.1 Å². The number of hydrogen-bond donors (Lipinski definition) is 0. The first kappa shape index (κ1) is 25.2. The Morgan fingerprint density at radius 3 is 2.59 bits per heavy atom. The summed E-state index contributed by atoms with van der Waals surface area (Å²) in [6.45, 7) is 3.08. The van der Waals surface area contributed by atoms with Crippen molar-refractivity contribution in [3.05, 3.63) is 71.3 Å². The number of hydrogen-bond acceptors (Lipinski definition) is 5. The van der Waals surface area contributed by atoms with Gasteiger partial charge in [-0.3, -0.25) is 4.31 Å². The van der Waals surface area contributed by atoms with Crippen molar-refractivity contribution in [2.45, 2.75) is 23.9 Å². The summed E-state index contributed by atoms with van der Waals surface area (Å²) < 4.78 is 71.7. The van der Waals surface area contributed by atoms with Crippen LogP contribution in [0.3, 0.4) is 0 Å². The number of unbranched alkanes of at least 4 members (excludes halogenated alkanes) is 1. The van der Waals surface area contributed by atoms with Gasteiger partial charge in [-0.15, -0.1) is 6.58 Å². The molecule has 0 aliphatic carbocycles. The average Bonchev–Trinajstić information content (AvgIpc) is 2.74. The van der Waals surface area contributed by atoms with Crippen molar-refractivity contribution in [2.24, 2.45) is 0 Å². The van der Waals surface area contributed by atoms with Gasteiger partial charge in [-0.05, 0) is 42.8 Å². The number of nitriles is 1. The largest absolute Gasteiger partial charge is 0.462 e. The summed E-state index contributed by atoms with van der Waals surface area (Å²) in [6.07, 6.45) is -2.98. The Morgan fingerprint density at radius 1 is 1.25 bits per heavy atom. The molecule has 2 aromatic rings. The lowest BCUT2D eigenvalue weighted by Gasteiger charge is -2.24. The van der Waals surface area contributed by atoms with Crippen LogP contribution in [0.1, 0.15) is 28.8 Å². The second-order valence-electron chi connectivity index (χ2n) is 6.42. The maximum absolute atomic E-state index is 13.3. The van der Waals surface area contributed by atoms with E-state index in [0.29, 0.717) is 16.8 Å². The number of sulfonamides is 1. The lowest BCUT2D eigenvalue weighted by atomic mass is 10.2. The highest BCUT2D eigenvalue weighted by atomic mass is 35.5. The number of halogens is 4. The van der Waals surface area contributed by atoms with Crippen molar-refractivity contribution in [1.82, 2.24) is 0 Å². The normalized spacial score (nSPS) is 11.5. The molecule has 0 saturated heterocycles. The van der Waals surface area contributed by atoms with Crippen molar-refractivity contribution >= 4 is 33.3 Å². The molecule has 0 aliphatic heterocycles. The third-order valence-electron chi connectivity index (χ3n) is 4.16. The molecule has 0 spiro atoms. The van der Waals surface area contributed by atoms with Gasteiger partial charge in [0.05, 0.1) is 41.1 Å². The van der Waals surface area contributed by atoms with Crippen molar-refractivity contribution in [2.75, 3.05) is 17.5 Å². The topological polar surface area (TPSA) is 87.5 Å². The van der Waals surface area contributed by atoms with Crippen molar-refractivity contribution in [3.8, 4) is 6.07 Å². The molecule has 170 valence electrons. The van der Waals surface area contributed by atoms with Gasteiger partial charge in [0.2, 0.25) is 0 Å². The molecule has 11 heteroatoms. The molecule has 2 rings (SSSR count). The van der Waals surface area contributed by atoms with Crippen LogP contribution in [0.4, 0.5) is 18.9 Å². The first-order valence-electron chi connectivity index (χ1n) is 9.17. The number of rotatable bonds is 9. The van der Waals surface area contributed by atoms with E-state index in [4.69, 9.17) is 21.6 Å². The van der Waals surface area contributed by atoms with E-state index in [9.17, 15) is 26.4 Å². The number of benzene rings is 2. The van der Waals surface area contributed by atoms with Gasteiger partial charge in [-0.1, -0.05) is 23.7 Å². The Bertz CT molecular complexity index is 1140. The zero-order valence-corrected chi connectivity index (χ0v) is 18.2. The molecule has 0 radical (unpaired) electrons. The van der Waals surface area contributed by atoms with E-state index in [2.05, 4.69) is 6.58 Å². The van der Waals surface area contributed by atoms with Gasteiger partial charge in [-0.2, -0.15) is 18.4 Å². The molecule has 0 aliphatic rings. The molecule has 0 amide bonds. The third-order valence-corrected chi connectivity index (χ3v) is 6.43. The van der Waals surface area contributed by atoms with Crippen LogP contribution in [0, 0.1) is 11.3 Å². The number of carbonyl (C=O) groups excluding carboxylic acids is 1. The van der Waals surface area contributed by atoms with Crippen LogP contribution in [0.5, 0.6) is 0 Å². The number of carbonyl (C=O) groups is 1. The minimum atomic E-state index is -4.67. The number of esters is 1. The Labute approximate surface area is 188 Å². The molecule has 0 aromatic heterocycles. The minimum absolute atomic E-state index is 0.0378. The van der Waals surface area contributed by atoms with Crippen molar-refractivity contribution in [1.29, 1.82) is 5.26 Å². The summed E-state index contributed by atoms with van der Waals surface area (Å²) >= 11 is 6.07. The molecule has 0 heterocycles. The molecule has 0 fully saturated rings. The summed E-state index contributed by atoms with van der Waals surface area (Å²) in [7, 11) is -4.48. The molecule has 0 atom stereocenters. The van der Waals surface area contributed by atoms with Gasteiger partial charge in [0, 0.05) is 6.42 Å². The molecular weight excluding hydrogens is 469 g/mol. The van der Waals surface area contributed by atoms with E-state index < -0.39 is 32.6 Å². The molecule has 0 bridgehead atoms. The molecule has 0 unspecified atom stereocenters. The molecule has 0 saturated carbocycles. The molecule has 6 nitrogen and oxygen atoms in total. The van der Waals surface area contributed by atoms with Gasteiger partial charge in [0.25, 0.3) is 10.0 Å². The summed E-state index contributed by atoms with van der Waals surface area (Å²) in [6, 6.07) is 9.14. The van der Waals surface area contributed by atoms with Crippen LogP contribution in [-0.2, 0) is 20.9 Å². The highest BCUT2D eigenvalue weighted by molar-refractivity contribution is 7.93. The standard InChI is InChI=1S/C21H18ClF3N2O4S/c1-2-11-27(17-7-5-6-16(14-17)21(23,24)25)32(29,30)19-13-15(8-9-18(19)22)20(28)31-12-4-3-10-26/h2,5-9,13-14H,1,3-4,11-12H2. The third kappa shape index (κ3) is 6.02. The van der Waals surface area contributed by atoms with Gasteiger partial charge < -0.3 is 4.74 Å². The smallest absolute Gasteiger partial charge is 0.416 e. The van der Waals surface area contributed by atoms with E-state index in [0.717, 1.165) is 18.2 Å². The minimum Gasteiger partial charge on any atom is -0.462 e. The van der Waals surface area contributed by atoms with Crippen LogP contribution >= 0.6 is 11.6 Å². The van der Waals surface area contributed by atoms with E-state index in [1.54, 1.807) is 0 Å². The molecule has 2 aromatic carbocycles. The Morgan fingerprint density at radius 2 is 1.97 bits per heavy atom. The van der Waals surface area contributed by atoms with Crippen LogP contribution in [0.2, 0.25) is 5.02 Å². The fourth-order valence-corrected chi connectivity index (χ4v) is 4.57. The summed E-state index contributed by atoms with van der Waals surface area (Å²) in [5.74, 6) is -0.828. The van der Waals surface area contributed by atoms with Crippen molar-refractivity contribution < 1.29 is 31.1 Å². The zero-order valence-electron chi connectivity index (χ0n) is 16.6. The van der Waals surface area contributed by atoms with Crippen LogP contribution in [0.25, 0.3) is 0 Å². The monoisotopic (exact) mass is 486 g/mol. The number of alkyl halides is 3. The van der Waals surface area contributed by atoms with Crippen LogP contribution in [-0.4, -0.2) is 27.5 Å². The second-order valence-corrected chi connectivity index (χ2v) is 8.65. The maximum Gasteiger partial charge on any atom is 0.416 e. The molecule has 32 heavy (non-hydrogen) atoms. The van der Waals surface area contributed by atoms with Crippen molar-refractivity contribution in [3.63, 3.8) is 0 Å². The average molecular weight is 487 g/mol. The van der Waals surface area contributed by atoms with Gasteiger partial charge in [0.15, 0.2) is 0 Å². The predicted molar refractivity (Wildman–Crippen MR) is 113 cm³/mol. The van der Waals surface area contributed by atoms with Gasteiger partial charge in [-0.25, -0.2) is 13.2 Å². The van der Waals surface area contributed by atoms with E-state index in [1.165, 1.54) is 24.3 Å². The Balaban J connectivity index is 2.46. The Hall–Kier alpha value is -3.03. The van der Waals surface area contributed by atoms with Crippen LogP contribution in [0.15, 0.2) is 60.0 Å². The maximum atomic E-state index is 13.3. The first-order chi connectivity index (χ1) is 15.0. The van der Waals surface area contributed by atoms with E-state index in [-0.39, 0.29) is 35.8 Å². The summed E-state index contributed by atoms with van der Waals surface area (Å²) in [5, 5.41) is 8.28. The van der Waals surface area contributed by atoms with Gasteiger partial charge in [0.1, 0.15) is 4.90 Å². The highest BCUT2D eigenvalue weighted by Crippen LogP contribution is 2.34. The number of ether oxygens (including phenoxy) is 1. The Kier molecular flexibility index (Phi) is 8.30. The lowest BCUT2D eigenvalue weighted by molar-refractivity contribution is -0.137. The van der Waals surface area contributed by atoms with Crippen LogP contribution < -0.4 is 4.31 Å². The fraction of sp³-hybridized carbons (Fsp3) is 0.238. The first-order valence-corrected chi connectivity index (χ1v) is 11.0. The highest BCUT2D eigenvalue weighted by Gasteiger charge is 2.33. The summed E-state index contributed by atoms with van der Waals surface area (Å²) in [4.78, 5) is 11.7. The quantitative estimate of drug-likeness (QED) is 0.276. The number of anilines is 1. The fourth-order valence-electron chi connectivity index (χ4n) is 2.64. The zero-order chi connectivity index (χ0) is 23.9. The SMILES string of the molecule is C=CCN(c1cccc(C(F)(F)F)c1)S(=O)(=O)c1cc(C(=O)OCCCC#N)ccc1Cl. The predicted octanol–water partition coefficient (Wildman–Crippen LogP) is 5.20. The lowest BCUT2D eigenvalue weighted by Crippen LogP contribution is -2.32. The van der Waals surface area contributed by atoms with E-state index >= 15 is 0 Å². The summed E-state index contributed by atoms with van der Waals surface area (Å²) in [5.41, 5.74) is -1.40. The molecular formula is C21H18ClF3N2O4S. The molecule has 0 N–H and O–H groups in total. The number of nitrogens with zero attached hydrogens (tertiary/aromatic N) is 2.